The van der Waals surface area contributed by atoms with E-state index in [9.17, 15) is 13.2 Å². The Kier molecular flexibility index (Phi) is 5.62. The van der Waals surface area contributed by atoms with Crippen molar-refractivity contribution in [2.75, 3.05) is 13.1 Å². The fourth-order valence-electron chi connectivity index (χ4n) is 3.19. The van der Waals surface area contributed by atoms with Gasteiger partial charge in [0.15, 0.2) is 0 Å². The average molecular weight is 388 g/mol. The van der Waals surface area contributed by atoms with Crippen LogP contribution in [-0.2, 0) is 15.6 Å². The second-order valence-corrected chi connectivity index (χ2v) is 9.25. The Balaban J connectivity index is 1.74. The van der Waals surface area contributed by atoms with E-state index in [0.29, 0.717) is 18.7 Å². The molecule has 0 atom stereocenters. The smallest absolute Gasteiger partial charge is 0.251 e. The van der Waals surface area contributed by atoms with Crippen LogP contribution < -0.4 is 5.32 Å². The van der Waals surface area contributed by atoms with E-state index in [0.717, 1.165) is 24.8 Å². The first-order valence-corrected chi connectivity index (χ1v) is 10.6. The second-order valence-electron chi connectivity index (χ2n) is 7.31. The molecule has 0 bridgehead atoms. The number of aromatic nitrogens is 1. The second kappa shape index (κ2) is 7.78. The molecule has 1 aromatic heterocycles. The van der Waals surface area contributed by atoms with E-state index < -0.39 is 15.6 Å². The molecule has 1 amide bonds. The summed E-state index contributed by atoms with van der Waals surface area (Å²) in [7, 11) is -3.49. The fraction of sp³-hybridized carbons (Fsp3) is 0.400. The number of carbonyl (C=O) groups is 1. The maximum absolute atomic E-state index is 12.7. The van der Waals surface area contributed by atoms with Gasteiger partial charge in [-0.3, -0.25) is 9.78 Å². The van der Waals surface area contributed by atoms with E-state index in [4.69, 9.17) is 0 Å². The van der Waals surface area contributed by atoms with Crippen molar-refractivity contribution in [1.29, 1.82) is 0 Å². The van der Waals surface area contributed by atoms with E-state index in [1.54, 1.807) is 24.5 Å². The SMILES string of the molecule is CC(C)(NC(=O)c1ccc(S(=O)(=O)N2CCCCC2)cc1)c1cccnc1. The van der Waals surface area contributed by atoms with Crippen LogP contribution in [0.3, 0.4) is 0 Å². The van der Waals surface area contributed by atoms with Crippen LogP contribution in [0.4, 0.5) is 0 Å². The number of nitrogens with zero attached hydrogens (tertiary/aromatic N) is 2. The molecule has 0 spiro atoms. The van der Waals surface area contributed by atoms with E-state index in [1.807, 2.05) is 26.0 Å². The number of hydrogen-bond donors (Lipinski definition) is 1. The lowest BCUT2D eigenvalue weighted by Gasteiger charge is -2.27. The molecule has 1 fully saturated rings. The first-order valence-electron chi connectivity index (χ1n) is 9.14. The predicted octanol–water partition coefficient (Wildman–Crippen LogP) is 2.92. The van der Waals surface area contributed by atoms with Gasteiger partial charge in [-0.2, -0.15) is 4.31 Å². The number of piperidine rings is 1. The summed E-state index contributed by atoms with van der Waals surface area (Å²) in [4.78, 5) is 16.9. The highest BCUT2D eigenvalue weighted by Crippen LogP contribution is 2.22. The number of benzene rings is 1. The number of sulfonamides is 1. The van der Waals surface area contributed by atoms with Crippen LogP contribution >= 0.6 is 0 Å². The molecule has 1 aliphatic heterocycles. The molecule has 1 aromatic carbocycles. The minimum absolute atomic E-state index is 0.229. The third kappa shape index (κ3) is 4.36. The summed E-state index contributed by atoms with van der Waals surface area (Å²) in [5.74, 6) is -0.259. The summed E-state index contributed by atoms with van der Waals surface area (Å²) in [5, 5.41) is 2.97. The Labute approximate surface area is 160 Å². The zero-order valence-corrected chi connectivity index (χ0v) is 16.5. The van der Waals surface area contributed by atoms with Crippen LogP contribution in [0.2, 0.25) is 0 Å². The first-order chi connectivity index (χ1) is 12.8. The molecule has 0 saturated carbocycles. The van der Waals surface area contributed by atoms with Gasteiger partial charge >= 0.3 is 0 Å². The maximum atomic E-state index is 12.7. The van der Waals surface area contributed by atoms with Crippen LogP contribution in [-0.4, -0.2) is 36.7 Å². The lowest BCUT2D eigenvalue weighted by atomic mass is 9.95. The topological polar surface area (TPSA) is 79.4 Å². The molecule has 1 N–H and O–H groups in total. The minimum atomic E-state index is -3.49. The molecule has 0 unspecified atom stereocenters. The Hall–Kier alpha value is -2.25. The standard InChI is InChI=1S/C20H25N3O3S/c1-20(2,17-7-6-12-21-15-17)22-19(24)16-8-10-18(11-9-16)27(25,26)23-13-4-3-5-14-23/h6-12,15H,3-5,13-14H2,1-2H3,(H,22,24). The molecule has 2 heterocycles. The average Bonchev–Trinajstić information content (AvgIpc) is 2.69. The largest absolute Gasteiger partial charge is 0.343 e. The molecule has 144 valence electrons. The van der Waals surface area contributed by atoms with Gasteiger partial charge in [0.2, 0.25) is 10.0 Å². The third-order valence-corrected chi connectivity index (χ3v) is 6.79. The summed E-state index contributed by atoms with van der Waals surface area (Å²) in [6.45, 7) is 4.92. The summed E-state index contributed by atoms with van der Waals surface area (Å²) >= 11 is 0. The zero-order chi connectivity index (χ0) is 19.5. The van der Waals surface area contributed by atoms with Crippen molar-refractivity contribution in [3.63, 3.8) is 0 Å². The van der Waals surface area contributed by atoms with Gasteiger partial charge in [0.05, 0.1) is 10.4 Å². The normalized spacial score (nSPS) is 16.1. The molecule has 1 aliphatic rings. The van der Waals surface area contributed by atoms with Crippen molar-refractivity contribution in [3.05, 3.63) is 59.9 Å². The van der Waals surface area contributed by atoms with Crippen LogP contribution in [0.1, 0.15) is 49.0 Å². The van der Waals surface area contributed by atoms with Crippen molar-refractivity contribution in [2.24, 2.45) is 0 Å². The number of nitrogens with one attached hydrogen (secondary N) is 1. The van der Waals surface area contributed by atoms with Gasteiger partial charge < -0.3 is 5.32 Å². The molecular formula is C20H25N3O3S. The summed E-state index contributed by atoms with van der Waals surface area (Å²) in [6, 6.07) is 9.87. The van der Waals surface area contributed by atoms with E-state index in [2.05, 4.69) is 10.3 Å². The van der Waals surface area contributed by atoms with Gasteiger partial charge in [0.25, 0.3) is 5.91 Å². The van der Waals surface area contributed by atoms with E-state index in [-0.39, 0.29) is 10.8 Å². The highest BCUT2D eigenvalue weighted by molar-refractivity contribution is 7.89. The predicted molar refractivity (Wildman–Crippen MR) is 104 cm³/mol. The van der Waals surface area contributed by atoms with E-state index in [1.165, 1.54) is 16.4 Å². The van der Waals surface area contributed by atoms with Gasteiger partial charge in [-0.05, 0) is 62.6 Å². The Morgan fingerprint density at radius 1 is 1.07 bits per heavy atom. The molecule has 0 aliphatic carbocycles. The lowest BCUT2D eigenvalue weighted by molar-refractivity contribution is 0.0912. The summed E-state index contributed by atoms with van der Waals surface area (Å²) in [6.07, 6.45) is 6.25. The molecule has 6 nitrogen and oxygen atoms in total. The van der Waals surface area contributed by atoms with Crippen LogP contribution in [0.25, 0.3) is 0 Å². The third-order valence-electron chi connectivity index (χ3n) is 4.88. The van der Waals surface area contributed by atoms with Crippen LogP contribution in [0, 0.1) is 0 Å². The van der Waals surface area contributed by atoms with Gasteiger partial charge in [0.1, 0.15) is 0 Å². The molecule has 3 rings (SSSR count). The fourth-order valence-corrected chi connectivity index (χ4v) is 4.71. The van der Waals surface area contributed by atoms with Crippen molar-refractivity contribution in [3.8, 4) is 0 Å². The number of rotatable bonds is 5. The quantitative estimate of drug-likeness (QED) is 0.855. The maximum Gasteiger partial charge on any atom is 0.251 e. The highest BCUT2D eigenvalue weighted by atomic mass is 32.2. The first kappa shape index (κ1) is 19.5. The van der Waals surface area contributed by atoms with Gasteiger partial charge in [-0.15, -0.1) is 0 Å². The van der Waals surface area contributed by atoms with Crippen molar-refractivity contribution in [2.45, 2.75) is 43.5 Å². The van der Waals surface area contributed by atoms with Crippen LogP contribution in [0.5, 0.6) is 0 Å². The number of pyridine rings is 1. The monoisotopic (exact) mass is 387 g/mol. The Bertz CT molecular complexity index is 888. The van der Waals surface area contributed by atoms with Crippen molar-refractivity contribution >= 4 is 15.9 Å². The Morgan fingerprint density at radius 2 is 1.74 bits per heavy atom. The molecular weight excluding hydrogens is 362 g/mol. The van der Waals surface area contributed by atoms with Crippen molar-refractivity contribution in [1.82, 2.24) is 14.6 Å². The summed E-state index contributed by atoms with van der Waals surface area (Å²) in [5.41, 5.74) is 0.719. The van der Waals surface area contributed by atoms with Gasteiger partial charge in [-0.25, -0.2) is 8.42 Å². The zero-order valence-electron chi connectivity index (χ0n) is 15.7. The molecule has 7 heteroatoms. The van der Waals surface area contributed by atoms with Gasteiger partial charge in [0, 0.05) is 31.0 Å². The van der Waals surface area contributed by atoms with Crippen molar-refractivity contribution < 1.29 is 13.2 Å². The number of carbonyl (C=O) groups excluding carboxylic acids is 1. The molecule has 1 saturated heterocycles. The minimum Gasteiger partial charge on any atom is -0.343 e. The number of amides is 1. The Morgan fingerprint density at radius 3 is 2.33 bits per heavy atom. The van der Waals surface area contributed by atoms with Gasteiger partial charge in [-0.1, -0.05) is 12.5 Å². The highest BCUT2D eigenvalue weighted by Gasteiger charge is 2.27. The molecule has 0 radical (unpaired) electrons. The lowest BCUT2D eigenvalue weighted by Crippen LogP contribution is -2.41. The number of hydrogen-bond acceptors (Lipinski definition) is 4. The molecule has 27 heavy (non-hydrogen) atoms. The van der Waals surface area contributed by atoms with E-state index >= 15 is 0 Å². The van der Waals surface area contributed by atoms with Crippen LogP contribution in [0.15, 0.2) is 53.7 Å². The molecule has 2 aromatic rings. The summed E-state index contributed by atoms with van der Waals surface area (Å²) < 4.78 is 26.9.